The van der Waals surface area contributed by atoms with E-state index in [4.69, 9.17) is 5.73 Å². The lowest BCUT2D eigenvalue weighted by molar-refractivity contribution is -0.142. The number of carboxylic acids is 1. The second kappa shape index (κ2) is 5.91. The van der Waals surface area contributed by atoms with Gasteiger partial charge in [-0.3, -0.25) is 4.79 Å². The lowest BCUT2D eigenvalue weighted by Crippen LogP contribution is -2.27. The molecule has 5 heteroatoms. The summed E-state index contributed by atoms with van der Waals surface area (Å²) in [5.74, 6) is -0.484. The molecule has 0 saturated heterocycles. The first-order valence-electron chi connectivity index (χ1n) is 5.52. The molecule has 3 N–H and O–H groups in total. The molecule has 0 spiro atoms. The summed E-state index contributed by atoms with van der Waals surface area (Å²) >= 11 is 4.13. The molecule has 0 aliphatic carbocycles. The summed E-state index contributed by atoms with van der Waals surface area (Å²) in [5, 5.41) is 9.21. The van der Waals surface area contributed by atoms with Crippen molar-refractivity contribution in [3.05, 3.63) is 23.9 Å². The van der Waals surface area contributed by atoms with Crippen LogP contribution >= 0.6 is 12.6 Å². The molecule has 0 saturated carbocycles. The van der Waals surface area contributed by atoms with Crippen molar-refractivity contribution >= 4 is 24.4 Å². The van der Waals surface area contributed by atoms with Crippen molar-refractivity contribution in [3.63, 3.8) is 0 Å². The number of rotatable bonds is 5. The number of carbonyl (C=O) groups is 1. The number of aliphatic carboxylic acids is 1. The number of anilines is 1. The molecule has 0 amide bonds. The van der Waals surface area contributed by atoms with Crippen LogP contribution in [0, 0.1) is 11.8 Å². The van der Waals surface area contributed by atoms with Gasteiger partial charge < -0.3 is 10.8 Å². The molecule has 4 nitrogen and oxygen atoms in total. The molecule has 0 radical (unpaired) electrons. The van der Waals surface area contributed by atoms with Crippen molar-refractivity contribution in [1.29, 1.82) is 0 Å². The standard InChI is InChI=1S/C12H18N2O2S/c1-7(2)11(9(6-17)12(15)16)8-3-4-10(13)14-5-8/h3-5,7,9,11,17H,6H2,1-2H3,(H2,13,14)(H,15,16). The summed E-state index contributed by atoms with van der Waals surface area (Å²) in [6.07, 6.45) is 1.65. The fourth-order valence-corrected chi connectivity index (χ4v) is 2.42. The molecule has 2 atom stereocenters. The van der Waals surface area contributed by atoms with Crippen molar-refractivity contribution in [3.8, 4) is 0 Å². The largest absolute Gasteiger partial charge is 0.481 e. The molecular formula is C12H18N2O2S. The third-order valence-electron chi connectivity index (χ3n) is 2.86. The zero-order valence-corrected chi connectivity index (χ0v) is 10.9. The van der Waals surface area contributed by atoms with Crippen LogP contribution in [0.1, 0.15) is 25.3 Å². The molecule has 1 heterocycles. The number of nitrogens with zero attached hydrogens (tertiary/aromatic N) is 1. The smallest absolute Gasteiger partial charge is 0.307 e. The van der Waals surface area contributed by atoms with E-state index in [2.05, 4.69) is 17.6 Å². The highest BCUT2D eigenvalue weighted by Gasteiger charge is 2.30. The number of carboxylic acid groups (broad SMARTS) is 1. The van der Waals surface area contributed by atoms with Gasteiger partial charge in [0.05, 0.1) is 5.92 Å². The van der Waals surface area contributed by atoms with Crippen LogP contribution in [0.5, 0.6) is 0 Å². The number of pyridine rings is 1. The molecule has 0 aliphatic heterocycles. The van der Waals surface area contributed by atoms with Crippen LogP contribution in [0.15, 0.2) is 18.3 Å². The molecule has 1 aromatic heterocycles. The fraction of sp³-hybridized carbons (Fsp3) is 0.500. The first-order chi connectivity index (χ1) is 7.97. The average molecular weight is 254 g/mol. The Morgan fingerprint density at radius 1 is 1.53 bits per heavy atom. The Labute approximate surface area is 107 Å². The Morgan fingerprint density at radius 3 is 2.53 bits per heavy atom. The Balaban J connectivity index is 3.08. The lowest BCUT2D eigenvalue weighted by Gasteiger charge is -2.26. The average Bonchev–Trinajstić information content (AvgIpc) is 2.26. The number of hydrogen-bond donors (Lipinski definition) is 3. The van der Waals surface area contributed by atoms with Gasteiger partial charge in [-0.2, -0.15) is 12.6 Å². The van der Waals surface area contributed by atoms with E-state index in [1.165, 1.54) is 0 Å². The summed E-state index contributed by atoms with van der Waals surface area (Å²) in [7, 11) is 0. The normalized spacial score (nSPS) is 14.6. The molecule has 0 aliphatic rings. The minimum atomic E-state index is -0.824. The minimum absolute atomic E-state index is 0.0990. The van der Waals surface area contributed by atoms with E-state index in [0.29, 0.717) is 11.6 Å². The summed E-state index contributed by atoms with van der Waals surface area (Å²) in [6, 6.07) is 3.54. The van der Waals surface area contributed by atoms with Gasteiger partial charge in [-0.1, -0.05) is 19.9 Å². The Hall–Kier alpha value is -1.23. The van der Waals surface area contributed by atoms with Crippen molar-refractivity contribution in [2.45, 2.75) is 19.8 Å². The van der Waals surface area contributed by atoms with E-state index in [1.807, 2.05) is 19.9 Å². The van der Waals surface area contributed by atoms with E-state index < -0.39 is 11.9 Å². The van der Waals surface area contributed by atoms with E-state index in [9.17, 15) is 9.90 Å². The SMILES string of the molecule is CC(C)C(c1ccc(N)nc1)C(CS)C(=O)O. The molecule has 17 heavy (non-hydrogen) atoms. The molecule has 1 rings (SSSR count). The summed E-state index contributed by atoms with van der Waals surface area (Å²) in [5.41, 5.74) is 6.43. The van der Waals surface area contributed by atoms with Crippen molar-refractivity contribution in [2.24, 2.45) is 11.8 Å². The van der Waals surface area contributed by atoms with Gasteiger partial charge in [0.15, 0.2) is 0 Å². The molecule has 2 unspecified atom stereocenters. The van der Waals surface area contributed by atoms with Crippen LogP contribution in [0.2, 0.25) is 0 Å². The van der Waals surface area contributed by atoms with Crippen LogP contribution in [-0.4, -0.2) is 21.8 Å². The maximum atomic E-state index is 11.2. The van der Waals surface area contributed by atoms with Crippen LogP contribution < -0.4 is 5.73 Å². The predicted molar refractivity (Wildman–Crippen MR) is 71.2 cm³/mol. The number of nitrogens with two attached hydrogens (primary N) is 1. The van der Waals surface area contributed by atoms with Crippen molar-refractivity contribution < 1.29 is 9.90 Å². The number of thiol groups is 1. The van der Waals surface area contributed by atoms with Gasteiger partial charge in [0.25, 0.3) is 0 Å². The first kappa shape index (κ1) is 13.8. The van der Waals surface area contributed by atoms with Crippen molar-refractivity contribution in [2.75, 3.05) is 11.5 Å². The topological polar surface area (TPSA) is 76.2 Å². The second-order valence-electron chi connectivity index (χ2n) is 4.41. The van der Waals surface area contributed by atoms with E-state index >= 15 is 0 Å². The fourth-order valence-electron chi connectivity index (χ4n) is 2.04. The summed E-state index contributed by atoms with van der Waals surface area (Å²) in [4.78, 5) is 15.2. The van der Waals surface area contributed by atoms with Gasteiger partial charge in [-0.15, -0.1) is 0 Å². The van der Waals surface area contributed by atoms with Crippen molar-refractivity contribution in [1.82, 2.24) is 4.98 Å². The maximum Gasteiger partial charge on any atom is 0.307 e. The Kier molecular flexibility index (Phi) is 4.81. The lowest BCUT2D eigenvalue weighted by atomic mass is 9.80. The zero-order chi connectivity index (χ0) is 13.0. The molecule has 0 fully saturated rings. The molecule has 94 valence electrons. The quantitative estimate of drug-likeness (QED) is 0.703. The molecule has 0 aromatic carbocycles. The van der Waals surface area contributed by atoms with Crippen LogP contribution in [0.25, 0.3) is 0 Å². The molecule has 1 aromatic rings. The molecule has 0 bridgehead atoms. The monoisotopic (exact) mass is 254 g/mol. The zero-order valence-electron chi connectivity index (χ0n) is 10.00. The highest BCUT2D eigenvalue weighted by atomic mass is 32.1. The van der Waals surface area contributed by atoms with Gasteiger partial charge >= 0.3 is 5.97 Å². The van der Waals surface area contributed by atoms with Gasteiger partial charge in [0, 0.05) is 17.9 Å². The Morgan fingerprint density at radius 2 is 2.18 bits per heavy atom. The third kappa shape index (κ3) is 3.36. The maximum absolute atomic E-state index is 11.2. The highest BCUT2D eigenvalue weighted by molar-refractivity contribution is 7.80. The summed E-state index contributed by atoms with van der Waals surface area (Å²) < 4.78 is 0. The predicted octanol–water partition coefficient (Wildman–Crippen LogP) is 2.03. The van der Waals surface area contributed by atoms with Gasteiger partial charge in [0.1, 0.15) is 5.82 Å². The number of hydrogen-bond acceptors (Lipinski definition) is 4. The van der Waals surface area contributed by atoms with Gasteiger partial charge in [-0.25, -0.2) is 4.98 Å². The Bertz CT molecular complexity index is 379. The summed E-state index contributed by atoms with van der Waals surface area (Å²) in [6.45, 7) is 4.00. The highest BCUT2D eigenvalue weighted by Crippen LogP contribution is 2.33. The van der Waals surface area contributed by atoms with Gasteiger partial charge in [-0.05, 0) is 17.5 Å². The van der Waals surface area contributed by atoms with E-state index in [1.54, 1.807) is 12.3 Å². The first-order valence-corrected chi connectivity index (χ1v) is 6.15. The van der Waals surface area contributed by atoms with Crippen LogP contribution in [0.4, 0.5) is 5.82 Å². The third-order valence-corrected chi connectivity index (χ3v) is 3.25. The van der Waals surface area contributed by atoms with E-state index in [0.717, 1.165) is 5.56 Å². The molecular weight excluding hydrogens is 236 g/mol. The van der Waals surface area contributed by atoms with E-state index in [-0.39, 0.29) is 11.8 Å². The number of nitrogen functional groups attached to an aromatic ring is 1. The van der Waals surface area contributed by atoms with Crippen LogP contribution in [0.3, 0.4) is 0 Å². The van der Waals surface area contributed by atoms with Gasteiger partial charge in [0.2, 0.25) is 0 Å². The second-order valence-corrected chi connectivity index (χ2v) is 4.78. The van der Waals surface area contributed by atoms with Crippen LogP contribution in [-0.2, 0) is 4.79 Å². The number of aromatic nitrogens is 1. The minimum Gasteiger partial charge on any atom is -0.481 e.